The summed E-state index contributed by atoms with van der Waals surface area (Å²) in [5.41, 5.74) is 0.182. The van der Waals surface area contributed by atoms with Crippen molar-refractivity contribution >= 4 is 5.91 Å². The molecule has 1 saturated heterocycles. The first kappa shape index (κ1) is 15.6. The highest BCUT2D eigenvalue weighted by atomic mass is 19.1. The van der Waals surface area contributed by atoms with Crippen molar-refractivity contribution in [1.82, 2.24) is 15.1 Å². The van der Waals surface area contributed by atoms with Crippen LogP contribution in [-0.2, 0) is 11.2 Å². The summed E-state index contributed by atoms with van der Waals surface area (Å²) in [6.07, 6.45) is 1.84. The molecule has 1 aromatic heterocycles. The van der Waals surface area contributed by atoms with E-state index >= 15 is 0 Å². The van der Waals surface area contributed by atoms with Crippen molar-refractivity contribution < 1.29 is 19.0 Å². The van der Waals surface area contributed by atoms with Crippen LogP contribution in [0.4, 0.5) is 4.39 Å². The summed E-state index contributed by atoms with van der Waals surface area (Å²) < 4.78 is 19.1. The van der Waals surface area contributed by atoms with Gasteiger partial charge >= 0.3 is 0 Å². The Kier molecular flexibility index (Phi) is 4.40. The van der Waals surface area contributed by atoms with Crippen LogP contribution in [-0.4, -0.2) is 58.0 Å². The van der Waals surface area contributed by atoms with Crippen molar-refractivity contribution in [2.24, 2.45) is 0 Å². The van der Waals surface area contributed by atoms with Crippen LogP contribution in [0.15, 0.2) is 36.5 Å². The number of aromatic amines is 1. The molecule has 1 amide bonds. The van der Waals surface area contributed by atoms with Gasteiger partial charge in [-0.2, -0.15) is 5.10 Å². The predicted octanol–water partition coefficient (Wildman–Crippen LogP) is 0.995. The lowest BCUT2D eigenvalue weighted by molar-refractivity contribution is -0.123. The summed E-state index contributed by atoms with van der Waals surface area (Å²) in [6, 6.07) is 7.78. The average molecular weight is 319 g/mol. The number of aliphatic hydroxyl groups is 1. The van der Waals surface area contributed by atoms with Crippen LogP contribution < -0.4 is 0 Å². The molecule has 1 fully saturated rings. The fourth-order valence-corrected chi connectivity index (χ4v) is 2.84. The van der Waals surface area contributed by atoms with Gasteiger partial charge in [0, 0.05) is 19.2 Å². The maximum atomic E-state index is 13.4. The molecule has 0 saturated carbocycles. The fraction of sp³-hybridized carbons (Fsp3) is 0.375. The van der Waals surface area contributed by atoms with E-state index in [1.165, 1.54) is 18.3 Å². The second-order valence-electron chi connectivity index (χ2n) is 5.69. The van der Waals surface area contributed by atoms with Gasteiger partial charge in [0.1, 0.15) is 17.1 Å². The molecule has 1 aliphatic rings. The summed E-state index contributed by atoms with van der Waals surface area (Å²) >= 11 is 0. The molecule has 1 atom stereocenters. The van der Waals surface area contributed by atoms with Crippen LogP contribution in [0.1, 0.15) is 16.1 Å². The molecule has 2 aromatic rings. The van der Waals surface area contributed by atoms with E-state index in [0.717, 1.165) is 5.56 Å². The highest BCUT2D eigenvalue weighted by Crippen LogP contribution is 2.24. The van der Waals surface area contributed by atoms with E-state index in [9.17, 15) is 14.3 Å². The zero-order valence-corrected chi connectivity index (χ0v) is 12.5. The molecule has 23 heavy (non-hydrogen) atoms. The highest BCUT2D eigenvalue weighted by molar-refractivity contribution is 5.92. The number of halogens is 1. The van der Waals surface area contributed by atoms with Gasteiger partial charge in [0.2, 0.25) is 0 Å². The topological polar surface area (TPSA) is 78.5 Å². The maximum Gasteiger partial charge on any atom is 0.272 e. The van der Waals surface area contributed by atoms with Crippen LogP contribution >= 0.6 is 0 Å². The van der Waals surface area contributed by atoms with Crippen molar-refractivity contribution in [2.45, 2.75) is 12.0 Å². The zero-order valence-electron chi connectivity index (χ0n) is 12.5. The SMILES string of the molecule is O=C(c1ccn[nH]1)N1CCO[C@@](CO)(Cc2cccc(F)c2)C1. The Bertz CT molecular complexity index is 677. The van der Waals surface area contributed by atoms with Gasteiger partial charge in [0.25, 0.3) is 5.91 Å². The molecule has 0 aliphatic carbocycles. The number of hydrogen-bond acceptors (Lipinski definition) is 4. The molecular weight excluding hydrogens is 301 g/mol. The molecule has 2 heterocycles. The smallest absolute Gasteiger partial charge is 0.272 e. The highest BCUT2D eigenvalue weighted by Gasteiger charge is 2.38. The Morgan fingerprint density at radius 2 is 2.35 bits per heavy atom. The normalized spacial score (nSPS) is 21.4. The van der Waals surface area contributed by atoms with Crippen molar-refractivity contribution in [3.05, 3.63) is 53.6 Å². The van der Waals surface area contributed by atoms with Gasteiger partial charge in [-0.25, -0.2) is 4.39 Å². The average Bonchev–Trinajstić information content (AvgIpc) is 3.09. The largest absolute Gasteiger partial charge is 0.393 e. The van der Waals surface area contributed by atoms with E-state index in [1.54, 1.807) is 23.1 Å². The van der Waals surface area contributed by atoms with E-state index < -0.39 is 5.60 Å². The van der Waals surface area contributed by atoms with Crippen LogP contribution in [0.3, 0.4) is 0 Å². The van der Waals surface area contributed by atoms with Gasteiger partial charge in [-0.3, -0.25) is 9.89 Å². The van der Waals surface area contributed by atoms with Gasteiger partial charge in [0.05, 0.1) is 19.8 Å². The van der Waals surface area contributed by atoms with Crippen LogP contribution in [0.2, 0.25) is 0 Å². The molecule has 122 valence electrons. The van der Waals surface area contributed by atoms with Crippen molar-refractivity contribution in [3.8, 4) is 0 Å². The standard InChI is InChI=1S/C16H18FN3O3/c17-13-3-1-2-12(8-13)9-16(11-21)10-20(6-7-23-16)15(22)14-4-5-18-19-14/h1-5,8,21H,6-7,9-11H2,(H,18,19)/t16-/m0/s1. The number of morpholine rings is 1. The number of carbonyl (C=O) groups excluding carboxylic acids is 1. The molecule has 3 rings (SSSR count). The van der Waals surface area contributed by atoms with Crippen LogP contribution in [0.5, 0.6) is 0 Å². The lowest BCUT2D eigenvalue weighted by atomic mass is 9.93. The molecule has 1 aliphatic heterocycles. The molecule has 0 unspecified atom stereocenters. The third-order valence-electron chi connectivity index (χ3n) is 3.97. The van der Waals surface area contributed by atoms with E-state index in [2.05, 4.69) is 10.2 Å². The number of aliphatic hydroxyl groups excluding tert-OH is 1. The first-order valence-electron chi connectivity index (χ1n) is 7.40. The van der Waals surface area contributed by atoms with E-state index in [-0.39, 0.29) is 24.9 Å². The predicted molar refractivity (Wildman–Crippen MR) is 80.4 cm³/mol. The number of rotatable bonds is 4. The Morgan fingerprint density at radius 3 is 3.04 bits per heavy atom. The third kappa shape index (κ3) is 3.40. The number of ether oxygens (including phenoxy) is 1. The molecular formula is C16H18FN3O3. The minimum atomic E-state index is -0.929. The summed E-state index contributed by atoms with van der Waals surface area (Å²) in [5, 5.41) is 16.2. The van der Waals surface area contributed by atoms with Crippen LogP contribution in [0.25, 0.3) is 0 Å². The van der Waals surface area contributed by atoms with E-state index in [0.29, 0.717) is 25.3 Å². The molecule has 0 bridgehead atoms. The second-order valence-corrected chi connectivity index (χ2v) is 5.69. The number of carbonyl (C=O) groups is 1. The quantitative estimate of drug-likeness (QED) is 0.881. The first-order valence-corrected chi connectivity index (χ1v) is 7.40. The zero-order chi connectivity index (χ0) is 16.3. The Balaban J connectivity index is 1.77. The molecule has 0 radical (unpaired) electrons. The third-order valence-corrected chi connectivity index (χ3v) is 3.97. The maximum absolute atomic E-state index is 13.4. The summed E-state index contributed by atoms with van der Waals surface area (Å²) in [6.45, 7) is 0.729. The minimum Gasteiger partial charge on any atom is -0.393 e. The van der Waals surface area contributed by atoms with Gasteiger partial charge in [-0.1, -0.05) is 12.1 Å². The monoisotopic (exact) mass is 319 g/mol. The van der Waals surface area contributed by atoms with E-state index in [4.69, 9.17) is 4.74 Å². The number of aromatic nitrogens is 2. The molecule has 0 spiro atoms. The minimum absolute atomic E-state index is 0.192. The van der Waals surface area contributed by atoms with Gasteiger partial charge in [-0.05, 0) is 23.8 Å². The number of nitrogens with one attached hydrogen (secondary N) is 1. The summed E-state index contributed by atoms with van der Waals surface area (Å²) in [7, 11) is 0. The van der Waals surface area contributed by atoms with Crippen molar-refractivity contribution in [1.29, 1.82) is 0 Å². The Morgan fingerprint density at radius 1 is 1.48 bits per heavy atom. The Hall–Kier alpha value is -2.25. The number of H-pyrrole nitrogens is 1. The number of nitrogens with zero attached hydrogens (tertiary/aromatic N) is 2. The second kappa shape index (κ2) is 6.47. The lowest BCUT2D eigenvalue weighted by Crippen LogP contribution is -2.56. The summed E-state index contributed by atoms with van der Waals surface area (Å²) in [4.78, 5) is 14.0. The van der Waals surface area contributed by atoms with Gasteiger partial charge in [-0.15, -0.1) is 0 Å². The summed E-state index contributed by atoms with van der Waals surface area (Å²) in [5.74, 6) is -0.528. The van der Waals surface area contributed by atoms with Gasteiger partial charge < -0.3 is 14.7 Å². The molecule has 6 nitrogen and oxygen atoms in total. The molecule has 7 heteroatoms. The van der Waals surface area contributed by atoms with E-state index in [1.807, 2.05) is 0 Å². The molecule has 2 N–H and O–H groups in total. The van der Waals surface area contributed by atoms with Gasteiger partial charge in [0.15, 0.2) is 0 Å². The molecule has 1 aromatic carbocycles. The number of benzene rings is 1. The van der Waals surface area contributed by atoms with Crippen molar-refractivity contribution in [2.75, 3.05) is 26.3 Å². The Labute approximate surface area is 132 Å². The van der Waals surface area contributed by atoms with Crippen molar-refractivity contribution in [3.63, 3.8) is 0 Å². The number of hydrogen-bond donors (Lipinski definition) is 2. The number of amides is 1. The van der Waals surface area contributed by atoms with Crippen LogP contribution in [0, 0.1) is 5.82 Å². The lowest BCUT2D eigenvalue weighted by Gasteiger charge is -2.41. The fourth-order valence-electron chi connectivity index (χ4n) is 2.84. The first-order chi connectivity index (χ1) is 11.1.